The lowest BCUT2D eigenvalue weighted by Gasteiger charge is -2.17. The lowest BCUT2D eigenvalue weighted by Crippen LogP contribution is -1.98. The number of imidazole rings is 2. The summed E-state index contributed by atoms with van der Waals surface area (Å²) in [6.07, 6.45) is 9.59. The van der Waals surface area contributed by atoms with Crippen LogP contribution in [0.1, 0.15) is 22.3 Å². The Labute approximate surface area is 294 Å². The van der Waals surface area contributed by atoms with Gasteiger partial charge in [0.15, 0.2) is 0 Å². The number of hydrogen-bond acceptors (Lipinski definition) is 4. The number of aryl methyl sites for hydroxylation is 4. The van der Waals surface area contributed by atoms with Crippen molar-refractivity contribution in [3.8, 4) is 33.9 Å². The van der Waals surface area contributed by atoms with Crippen LogP contribution in [0.25, 0.3) is 77.0 Å². The molecule has 0 saturated heterocycles. The maximum Gasteiger partial charge on any atom is 0.145 e. The molecule has 0 aliphatic heterocycles. The van der Waals surface area contributed by atoms with Crippen LogP contribution in [-0.4, -0.2) is 23.8 Å². The molecule has 0 bridgehead atoms. The van der Waals surface area contributed by atoms with E-state index in [1.165, 1.54) is 38.9 Å². The number of benzene rings is 5. The second-order valence-corrected chi connectivity index (χ2v) is 13.6. The number of rotatable bonds is 4. The first-order chi connectivity index (χ1) is 24.9. The standard InChI is InChI=1S/C45H33N5O/c1-26-7-5-8-27(2)42(26)30-11-14-35-33-15-12-32(23-37(33)45-48-25-41(50(45)40(35)21-30)43-28(3)9-6-10-29(43)4)51-31-13-16-34-36(22-31)44-47-19-20-49(44)39-17-18-46-24-38(34)39/h5-25H,1-4H3. The largest absolute Gasteiger partial charge is 0.457 e. The zero-order valence-electron chi connectivity index (χ0n) is 28.8. The Kier molecular flexibility index (Phi) is 6.33. The van der Waals surface area contributed by atoms with Crippen molar-refractivity contribution in [1.82, 2.24) is 23.8 Å². The van der Waals surface area contributed by atoms with Gasteiger partial charge in [-0.1, -0.05) is 48.5 Å². The fourth-order valence-corrected chi connectivity index (χ4v) is 8.20. The molecule has 244 valence electrons. The summed E-state index contributed by atoms with van der Waals surface area (Å²) in [5.74, 6) is 1.48. The van der Waals surface area contributed by atoms with E-state index in [1.807, 2.05) is 43.1 Å². The van der Waals surface area contributed by atoms with E-state index in [2.05, 4.69) is 126 Å². The molecule has 0 unspecified atom stereocenters. The topological polar surface area (TPSA) is 56.7 Å². The quantitative estimate of drug-likeness (QED) is 0.176. The minimum atomic E-state index is 0.740. The van der Waals surface area contributed by atoms with E-state index >= 15 is 0 Å². The van der Waals surface area contributed by atoms with Crippen molar-refractivity contribution in [2.75, 3.05) is 0 Å². The highest BCUT2D eigenvalue weighted by Crippen LogP contribution is 2.40. The predicted octanol–water partition coefficient (Wildman–Crippen LogP) is 11.3. The number of ether oxygens (including phenoxy) is 1. The van der Waals surface area contributed by atoms with Gasteiger partial charge < -0.3 is 4.74 Å². The molecule has 0 spiro atoms. The number of fused-ring (bicyclic) bond motifs is 12. The van der Waals surface area contributed by atoms with Crippen molar-refractivity contribution in [3.05, 3.63) is 150 Å². The van der Waals surface area contributed by atoms with Gasteiger partial charge in [0.1, 0.15) is 22.8 Å². The summed E-state index contributed by atoms with van der Waals surface area (Å²) in [5.41, 5.74) is 13.7. The highest BCUT2D eigenvalue weighted by atomic mass is 16.5. The molecule has 0 saturated carbocycles. The Morgan fingerprint density at radius 2 is 1.16 bits per heavy atom. The molecule has 10 rings (SSSR count). The molecule has 5 aromatic heterocycles. The molecule has 0 aliphatic carbocycles. The minimum Gasteiger partial charge on any atom is -0.457 e. The third-order valence-electron chi connectivity index (χ3n) is 10.5. The van der Waals surface area contributed by atoms with E-state index in [9.17, 15) is 0 Å². The van der Waals surface area contributed by atoms with Gasteiger partial charge in [0.05, 0.1) is 22.9 Å². The molecule has 10 aromatic rings. The second-order valence-electron chi connectivity index (χ2n) is 13.6. The first-order valence-corrected chi connectivity index (χ1v) is 17.2. The van der Waals surface area contributed by atoms with E-state index < -0.39 is 0 Å². The van der Waals surface area contributed by atoms with Crippen molar-refractivity contribution in [3.63, 3.8) is 0 Å². The molecule has 0 atom stereocenters. The molecule has 0 N–H and O–H groups in total. The molecule has 6 nitrogen and oxygen atoms in total. The lowest BCUT2D eigenvalue weighted by molar-refractivity contribution is 0.484. The maximum absolute atomic E-state index is 6.64. The van der Waals surface area contributed by atoms with Crippen molar-refractivity contribution in [2.24, 2.45) is 0 Å². The van der Waals surface area contributed by atoms with Crippen LogP contribution in [0.15, 0.2) is 128 Å². The molecule has 0 radical (unpaired) electrons. The molecule has 5 aromatic carbocycles. The summed E-state index contributed by atoms with van der Waals surface area (Å²) in [5, 5.41) is 6.51. The molecule has 5 heterocycles. The van der Waals surface area contributed by atoms with E-state index in [0.717, 1.165) is 71.8 Å². The van der Waals surface area contributed by atoms with Crippen LogP contribution in [0.2, 0.25) is 0 Å². The van der Waals surface area contributed by atoms with Gasteiger partial charge in [-0.2, -0.15) is 0 Å². The summed E-state index contributed by atoms with van der Waals surface area (Å²) >= 11 is 0. The van der Waals surface area contributed by atoms with Gasteiger partial charge in [0, 0.05) is 51.9 Å². The Hall–Kier alpha value is -6.53. The monoisotopic (exact) mass is 659 g/mol. The Balaban J connectivity index is 1.19. The maximum atomic E-state index is 6.64. The van der Waals surface area contributed by atoms with Crippen molar-refractivity contribution in [2.45, 2.75) is 27.7 Å². The fraction of sp³-hybridized carbons (Fsp3) is 0.0889. The summed E-state index contributed by atoms with van der Waals surface area (Å²) < 4.78 is 11.1. The van der Waals surface area contributed by atoms with Gasteiger partial charge in [-0.3, -0.25) is 13.8 Å². The highest BCUT2D eigenvalue weighted by Gasteiger charge is 2.19. The Bertz CT molecular complexity index is 3020. The van der Waals surface area contributed by atoms with Crippen LogP contribution in [0.5, 0.6) is 11.5 Å². The van der Waals surface area contributed by atoms with Gasteiger partial charge in [-0.05, 0) is 120 Å². The first kappa shape index (κ1) is 29.4. The van der Waals surface area contributed by atoms with E-state index in [4.69, 9.17) is 14.7 Å². The summed E-state index contributed by atoms with van der Waals surface area (Å²) in [6.45, 7) is 8.74. The third kappa shape index (κ3) is 4.39. The molecular formula is C45H33N5O. The fourth-order valence-electron chi connectivity index (χ4n) is 8.20. The average molecular weight is 660 g/mol. The summed E-state index contributed by atoms with van der Waals surface area (Å²) in [6, 6.07) is 34.5. The van der Waals surface area contributed by atoms with Crippen LogP contribution >= 0.6 is 0 Å². The van der Waals surface area contributed by atoms with Crippen molar-refractivity contribution in [1.29, 1.82) is 0 Å². The second kappa shape index (κ2) is 11.0. The Morgan fingerprint density at radius 1 is 0.510 bits per heavy atom. The predicted molar refractivity (Wildman–Crippen MR) is 208 cm³/mol. The number of nitrogens with zero attached hydrogens (tertiary/aromatic N) is 5. The van der Waals surface area contributed by atoms with Gasteiger partial charge >= 0.3 is 0 Å². The number of pyridine rings is 3. The summed E-state index contributed by atoms with van der Waals surface area (Å²) in [4.78, 5) is 14.2. The zero-order valence-corrected chi connectivity index (χ0v) is 28.8. The van der Waals surface area contributed by atoms with Crippen molar-refractivity contribution < 1.29 is 4.74 Å². The normalized spacial score (nSPS) is 11.9. The van der Waals surface area contributed by atoms with Gasteiger partial charge in [0.25, 0.3) is 0 Å². The van der Waals surface area contributed by atoms with Crippen LogP contribution in [0.4, 0.5) is 0 Å². The first-order valence-electron chi connectivity index (χ1n) is 17.2. The minimum absolute atomic E-state index is 0.740. The molecule has 0 fully saturated rings. The van der Waals surface area contributed by atoms with Gasteiger partial charge in [0.2, 0.25) is 0 Å². The van der Waals surface area contributed by atoms with Gasteiger partial charge in [-0.25, -0.2) is 9.97 Å². The lowest BCUT2D eigenvalue weighted by atomic mass is 9.94. The van der Waals surface area contributed by atoms with Crippen LogP contribution in [-0.2, 0) is 0 Å². The van der Waals surface area contributed by atoms with Gasteiger partial charge in [-0.15, -0.1) is 0 Å². The molecule has 51 heavy (non-hydrogen) atoms. The van der Waals surface area contributed by atoms with E-state index in [1.54, 1.807) is 0 Å². The van der Waals surface area contributed by atoms with E-state index in [0.29, 0.717) is 0 Å². The third-order valence-corrected chi connectivity index (χ3v) is 10.5. The average Bonchev–Trinajstić information content (AvgIpc) is 3.81. The number of aromatic nitrogens is 5. The van der Waals surface area contributed by atoms with Crippen LogP contribution in [0, 0.1) is 27.7 Å². The zero-order chi connectivity index (χ0) is 34.4. The smallest absolute Gasteiger partial charge is 0.145 e. The number of hydrogen-bond donors (Lipinski definition) is 0. The molecule has 0 amide bonds. The van der Waals surface area contributed by atoms with E-state index in [-0.39, 0.29) is 0 Å². The van der Waals surface area contributed by atoms with Crippen LogP contribution in [0.3, 0.4) is 0 Å². The van der Waals surface area contributed by atoms with Crippen LogP contribution < -0.4 is 4.74 Å². The summed E-state index contributed by atoms with van der Waals surface area (Å²) in [7, 11) is 0. The molecular weight excluding hydrogens is 627 g/mol. The Morgan fingerprint density at radius 3 is 1.88 bits per heavy atom. The molecule has 0 aliphatic rings. The SMILES string of the molecule is Cc1cccc(C)c1-c1ccc2c3ccc(Oc4ccc5c6cnccc6n6ccnc6c5c4)cc3c3ncc(-c4c(C)cccc4C)n3c2c1. The molecule has 6 heteroatoms. The van der Waals surface area contributed by atoms with Crippen molar-refractivity contribution >= 4 is 54.6 Å². The highest BCUT2D eigenvalue weighted by molar-refractivity contribution is 6.14.